The number of anilines is 2. The van der Waals surface area contributed by atoms with Gasteiger partial charge < -0.3 is 10.2 Å². The number of rotatable bonds is 8. The molecule has 3 heterocycles. The fourth-order valence-corrected chi connectivity index (χ4v) is 4.42. The number of hydrogen-bond acceptors (Lipinski definition) is 8. The molecule has 5 aromatic rings. The number of carbonyl (C=O) groups is 1. The molecule has 13 nitrogen and oxygen atoms in total. The van der Waals surface area contributed by atoms with Crippen molar-refractivity contribution in [2.45, 2.75) is 19.6 Å². The second-order valence-corrected chi connectivity index (χ2v) is 10.3. The Labute approximate surface area is 245 Å². The SMILES string of the molecule is CN(C)C(=O)Cn1cc2cc(Nc3nc(=O)n(Cc4ncn(C)n4)c(=O)n3Cc3cc(Cl)c(F)cc3F)c(Cl)cc2n1. The van der Waals surface area contributed by atoms with Crippen molar-refractivity contribution in [3.63, 3.8) is 0 Å². The largest absolute Gasteiger partial charge is 0.355 e. The van der Waals surface area contributed by atoms with Crippen LogP contribution in [0.5, 0.6) is 0 Å². The van der Waals surface area contributed by atoms with E-state index in [1.807, 2.05) is 0 Å². The van der Waals surface area contributed by atoms with Crippen LogP contribution in [-0.4, -0.2) is 63.6 Å². The summed E-state index contributed by atoms with van der Waals surface area (Å²) >= 11 is 12.4. The van der Waals surface area contributed by atoms with Gasteiger partial charge in [-0.1, -0.05) is 23.2 Å². The number of halogens is 4. The fraction of sp³-hybridized carbons (Fsp3) is 0.240. The van der Waals surface area contributed by atoms with Crippen molar-refractivity contribution in [1.29, 1.82) is 0 Å². The van der Waals surface area contributed by atoms with Crippen LogP contribution in [0.25, 0.3) is 10.9 Å². The minimum absolute atomic E-state index is 0.00168. The van der Waals surface area contributed by atoms with E-state index in [1.165, 1.54) is 26.7 Å². The van der Waals surface area contributed by atoms with Crippen LogP contribution in [0.4, 0.5) is 20.4 Å². The van der Waals surface area contributed by atoms with Crippen LogP contribution < -0.4 is 16.7 Å². The maximum atomic E-state index is 14.7. The van der Waals surface area contributed by atoms with Crippen molar-refractivity contribution in [2.24, 2.45) is 7.05 Å². The van der Waals surface area contributed by atoms with Gasteiger partial charge in [0.2, 0.25) is 11.9 Å². The van der Waals surface area contributed by atoms with Gasteiger partial charge in [0.15, 0.2) is 5.82 Å². The van der Waals surface area contributed by atoms with Crippen molar-refractivity contribution in [3.05, 3.63) is 90.8 Å². The van der Waals surface area contributed by atoms with Crippen molar-refractivity contribution in [1.82, 2.24) is 43.6 Å². The van der Waals surface area contributed by atoms with Crippen LogP contribution in [-0.2, 0) is 31.5 Å². The Morgan fingerprint density at radius 1 is 1.00 bits per heavy atom. The predicted molar refractivity (Wildman–Crippen MR) is 150 cm³/mol. The van der Waals surface area contributed by atoms with E-state index in [-0.39, 0.29) is 52.1 Å². The average molecular weight is 619 g/mol. The molecule has 0 aliphatic heterocycles. The molecule has 0 atom stereocenters. The number of amides is 1. The molecule has 1 N–H and O–H groups in total. The number of hydrogen-bond donors (Lipinski definition) is 1. The van der Waals surface area contributed by atoms with Gasteiger partial charge in [0, 0.05) is 44.4 Å². The molecule has 17 heteroatoms. The van der Waals surface area contributed by atoms with E-state index in [0.29, 0.717) is 17.0 Å². The van der Waals surface area contributed by atoms with Crippen LogP contribution in [0.1, 0.15) is 11.4 Å². The summed E-state index contributed by atoms with van der Waals surface area (Å²) in [7, 11) is 4.88. The molecule has 42 heavy (non-hydrogen) atoms. The first-order valence-electron chi connectivity index (χ1n) is 12.2. The highest BCUT2D eigenvalue weighted by atomic mass is 35.5. The number of carbonyl (C=O) groups excluding carboxylic acids is 1. The van der Waals surface area contributed by atoms with Gasteiger partial charge in [-0.05, 0) is 18.2 Å². The van der Waals surface area contributed by atoms with Gasteiger partial charge in [0.05, 0.1) is 34.3 Å². The van der Waals surface area contributed by atoms with E-state index in [1.54, 1.807) is 33.4 Å². The third kappa shape index (κ3) is 5.87. The molecule has 3 aromatic heterocycles. The number of nitrogens with zero attached hydrogens (tertiary/aromatic N) is 9. The number of fused-ring (bicyclic) bond motifs is 1. The van der Waals surface area contributed by atoms with Gasteiger partial charge in [-0.15, -0.1) is 0 Å². The molecule has 0 radical (unpaired) electrons. The Balaban J connectivity index is 1.58. The van der Waals surface area contributed by atoms with Gasteiger partial charge >= 0.3 is 11.4 Å². The number of aryl methyl sites for hydroxylation is 1. The van der Waals surface area contributed by atoms with Crippen LogP contribution in [0.15, 0.2) is 46.4 Å². The quantitative estimate of drug-likeness (QED) is 0.262. The Morgan fingerprint density at radius 2 is 1.76 bits per heavy atom. The zero-order valence-electron chi connectivity index (χ0n) is 22.3. The minimum Gasteiger partial charge on any atom is -0.347 e. The molecular formula is C25H22Cl2F2N10O3. The second-order valence-electron chi connectivity index (χ2n) is 9.50. The molecule has 2 aromatic carbocycles. The summed E-state index contributed by atoms with van der Waals surface area (Å²) in [5.41, 5.74) is -1.22. The number of nitrogens with one attached hydrogen (secondary N) is 1. The van der Waals surface area contributed by atoms with Crippen LogP contribution in [0.2, 0.25) is 10.0 Å². The Bertz CT molecular complexity index is 1960. The standard InChI is InChI=1S/C25H22Cl2F2N10O3/c1-35(2)22(40)11-37-8-14-5-20(16(27)6-19(14)33-37)31-23-32-24(41)39(10-21-30-12-36(3)34-21)25(42)38(23)9-13-4-15(26)18(29)7-17(13)28/h4-8,12H,9-11H2,1-3H3,(H,31,32,41). The molecule has 0 saturated carbocycles. The zero-order valence-corrected chi connectivity index (χ0v) is 23.9. The fourth-order valence-electron chi connectivity index (χ4n) is 4.03. The summed E-state index contributed by atoms with van der Waals surface area (Å²) < 4.78 is 33.1. The van der Waals surface area contributed by atoms with Gasteiger partial charge in [0.25, 0.3) is 0 Å². The molecular weight excluding hydrogens is 597 g/mol. The van der Waals surface area contributed by atoms with Crippen molar-refractivity contribution >= 4 is 51.6 Å². The average Bonchev–Trinajstić information content (AvgIpc) is 3.51. The topological polar surface area (TPSA) is 138 Å². The number of aromatic nitrogens is 8. The summed E-state index contributed by atoms with van der Waals surface area (Å²) in [6.07, 6.45) is 3.03. The summed E-state index contributed by atoms with van der Waals surface area (Å²) in [5.74, 6) is -2.21. The Kier molecular flexibility index (Phi) is 7.79. The summed E-state index contributed by atoms with van der Waals surface area (Å²) in [6.45, 7) is -0.783. The van der Waals surface area contributed by atoms with Crippen LogP contribution >= 0.6 is 23.2 Å². The third-order valence-electron chi connectivity index (χ3n) is 6.20. The maximum Gasteiger partial charge on any atom is 0.355 e. The summed E-state index contributed by atoms with van der Waals surface area (Å²) in [5, 5.41) is 11.7. The lowest BCUT2D eigenvalue weighted by Gasteiger charge is -2.16. The lowest BCUT2D eigenvalue weighted by Crippen LogP contribution is -2.43. The number of likely N-dealkylation sites (N-methyl/N-ethyl adjacent to an activating group) is 1. The van der Waals surface area contributed by atoms with Crippen molar-refractivity contribution < 1.29 is 13.6 Å². The van der Waals surface area contributed by atoms with E-state index in [2.05, 4.69) is 25.5 Å². The molecule has 218 valence electrons. The van der Waals surface area contributed by atoms with E-state index < -0.39 is 29.6 Å². The lowest BCUT2D eigenvalue weighted by molar-refractivity contribution is -0.129. The Morgan fingerprint density at radius 3 is 2.45 bits per heavy atom. The Hall–Kier alpha value is -4.63. The minimum atomic E-state index is -0.971. The highest BCUT2D eigenvalue weighted by molar-refractivity contribution is 6.34. The highest BCUT2D eigenvalue weighted by Crippen LogP contribution is 2.30. The molecule has 0 fully saturated rings. The molecule has 0 unspecified atom stereocenters. The van der Waals surface area contributed by atoms with Gasteiger partial charge in [-0.25, -0.2) is 27.9 Å². The lowest BCUT2D eigenvalue weighted by atomic mass is 10.2. The second kappa shape index (κ2) is 11.3. The summed E-state index contributed by atoms with van der Waals surface area (Å²) in [6, 6.07) is 4.77. The smallest absolute Gasteiger partial charge is 0.347 e. The first kappa shape index (κ1) is 28.9. The van der Waals surface area contributed by atoms with E-state index in [4.69, 9.17) is 23.2 Å². The molecule has 0 spiro atoms. The molecule has 5 rings (SSSR count). The highest BCUT2D eigenvalue weighted by Gasteiger charge is 2.19. The first-order chi connectivity index (χ1) is 19.9. The normalized spacial score (nSPS) is 11.3. The number of benzene rings is 2. The van der Waals surface area contributed by atoms with E-state index >= 15 is 0 Å². The monoisotopic (exact) mass is 618 g/mol. The van der Waals surface area contributed by atoms with Gasteiger partial charge in [-0.3, -0.25) is 18.7 Å². The first-order valence-corrected chi connectivity index (χ1v) is 13.0. The molecule has 0 saturated heterocycles. The molecule has 0 bridgehead atoms. The third-order valence-corrected chi connectivity index (χ3v) is 6.80. The van der Waals surface area contributed by atoms with Gasteiger partial charge in [-0.2, -0.15) is 15.2 Å². The van der Waals surface area contributed by atoms with Crippen molar-refractivity contribution in [2.75, 3.05) is 19.4 Å². The van der Waals surface area contributed by atoms with Gasteiger partial charge in [0.1, 0.15) is 24.5 Å². The summed E-state index contributed by atoms with van der Waals surface area (Å²) in [4.78, 5) is 48.2. The van der Waals surface area contributed by atoms with Crippen molar-refractivity contribution in [3.8, 4) is 0 Å². The maximum absolute atomic E-state index is 14.7. The zero-order chi connectivity index (χ0) is 30.3. The molecule has 1 amide bonds. The van der Waals surface area contributed by atoms with E-state index in [9.17, 15) is 23.2 Å². The van der Waals surface area contributed by atoms with E-state index in [0.717, 1.165) is 15.2 Å². The molecule has 0 aliphatic carbocycles. The van der Waals surface area contributed by atoms with Crippen LogP contribution in [0.3, 0.4) is 0 Å². The molecule has 0 aliphatic rings. The van der Waals surface area contributed by atoms with Crippen LogP contribution in [0, 0.1) is 11.6 Å². The predicted octanol–water partition coefficient (Wildman–Crippen LogP) is 2.40.